The van der Waals surface area contributed by atoms with Crippen LogP contribution in [-0.2, 0) is 9.53 Å². The van der Waals surface area contributed by atoms with Crippen molar-refractivity contribution in [1.82, 2.24) is 0 Å². The minimum absolute atomic E-state index is 0.0502. The first-order chi connectivity index (χ1) is 7.91. The second-order valence-electron chi connectivity index (χ2n) is 3.31. The molecule has 1 saturated heterocycles. The zero-order valence-corrected chi connectivity index (χ0v) is 8.27. The smallest absolute Gasteiger partial charge is 0.425 e. The summed E-state index contributed by atoms with van der Waals surface area (Å²) in [5, 5.41) is 0. The number of imide groups is 1. The number of hydrogen-bond acceptors (Lipinski definition) is 3. The van der Waals surface area contributed by atoms with E-state index in [1.807, 2.05) is 0 Å². The number of ether oxygens (including phenoxy) is 1. The van der Waals surface area contributed by atoms with Gasteiger partial charge < -0.3 is 4.74 Å². The maximum Gasteiger partial charge on any atom is 0.434 e. The second kappa shape index (κ2) is 3.76. The molecule has 90 valence electrons. The maximum absolute atomic E-state index is 12.3. The van der Waals surface area contributed by atoms with Crippen molar-refractivity contribution in [2.45, 2.75) is 12.3 Å². The lowest BCUT2D eigenvalue weighted by Crippen LogP contribution is -2.39. The topological polar surface area (TPSA) is 46.6 Å². The first-order valence-corrected chi connectivity index (χ1v) is 4.57. The van der Waals surface area contributed by atoms with Gasteiger partial charge >= 0.3 is 12.3 Å². The molecule has 0 aliphatic carbocycles. The Labute approximate surface area is 93.6 Å². The normalized spacial score (nSPS) is 20.6. The Hall–Kier alpha value is -2.05. The van der Waals surface area contributed by atoms with Gasteiger partial charge in [-0.2, -0.15) is 13.2 Å². The molecule has 1 atom stereocenters. The van der Waals surface area contributed by atoms with Crippen molar-refractivity contribution in [3.63, 3.8) is 0 Å². The monoisotopic (exact) mass is 245 g/mol. The summed E-state index contributed by atoms with van der Waals surface area (Å²) in [5.74, 6) is -1.42. The molecule has 0 saturated carbocycles. The van der Waals surface area contributed by atoms with Gasteiger partial charge in [-0.15, -0.1) is 0 Å². The van der Waals surface area contributed by atoms with Gasteiger partial charge in [0.15, 0.2) is 0 Å². The standard InChI is InChI=1S/C10H6F3NO3/c11-10(12,13)7-8(15)14(9(16)17-7)6-4-2-1-3-5-6/h1-5,7H/t7-/m1/s1. The van der Waals surface area contributed by atoms with Crippen LogP contribution < -0.4 is 4.90 Å². The molecule has 7 heteroatoms. The van der Waals surface area contributed by atoms with E-state index < -0.39 is 24.3 Å². The van der Waals surface area contributed by atoms with E-state index in [-0.39, 0.29) is 5.69 Å². The van der Waals surface area contributed by atoms with Crippen LogP contribution in [0.4, 0.5) is 23.7 Å². The summed E-state index contributed by atoms with van der Waals surface area (Å²) in [5.41, 5.74) is 0.0502. The maximum atomic E-state index is 12.3. The molecule has 1 aliphatic rings. The van der Waals surface area contributed by atoms with Crippen molar-refractivity contribution in [2.24, 2.45) is 0 Å². The zero-order valence-electron chi connectivity index (χ0n) is 8.27. The number of alkyl halides is 3. The highest BCUT2D eigenvalue weighted by Crippen LogP contribution is 2.31. The molecule has 0 bridgehead atoms. The first kappa shape index (κ1) is 11.4. The minimum atomic E-state index is -4.89. The van der Waals surface area contributed by atoms with Gasteiger partial charge in [-0.3, -0.25) is 4.79 Å². The molecule has 2 rings (SSSR count). The third-order valence-corrected chi connectivity index (χ3v) is 2.16. The van der Waals surface area contributed by atoms with Crippen molar-refractivity contribution >= 4 is 17.7 Å². The molecule has 1 aromatic rings. The van der Waals surface area contributed by atoms with E-state index in [0.717, 1.165) is 0 Å². The average Bonchev–Trinajstić information content (AvgIpc) is 2.55. The third kappa shape index (κ3) is 1.95. The van der Waals surface area contributed by atoms with Gasteiger partial charge in [0.2, 0.25) is 0 Å². The molecular formula is C10H6F3NO3. The fourth-order valence-electron chi connectivity index (χ4n) is 1.43. The molecule has 0 spiro atoms. The molecule has 1 aliphatic heterocycles. The number of cyclic esters (lactones) is 1. The molecule has 4 nitrogen and oxygen atoms in total. The summed E-state index contributed by atoms with van der Waals surface area (Å²) in [6.07, 6.45) is -8.92. The number of carbonyl (C=O) groups excluding carboxylic acids is 2. The van der Waals surface area contributed by atoms with E-state index in [0.29, 0.717) is 4.90 Å². The minimum Gasteiger partial charge on any atom is -0.425 e. The summed E-state index contributed by atoms with van der Waals surface area (Å²) in [6, 6.07) is 7.29. The second-order valence-corrected chi connectivity index (χ2v) is 3.31. The molecule has 0 unspecified atom stereocenters. The fraction of sp³-hybridized carbons (Fsp3) is 0.200. The van der Waals surface area contributed by atoms with Crippen LogP contribution in [0.25, 0.3) is 0 Å². The summed E-state index contributed by atoms with van der Waals surface area (Å²) in [6.45, 7) is 0. The molecule has 0 aromatic heterocycles. The van der Waals surface area contributed by atoms with Crippen molar-refractivity contribution in [3.8, 4) is 0 Å². The van der Waals surface area contributed by atoms with Crippen LogP contribution in [0, 0.1) is 0 Å². The van der Waals surface area contributed by atoms with Crippen molar-refractivity contribution < 1.29 is 27.5 Å². The highest BCUT2D eigenvalue weighted by molar-refractivity contribution is 6.18. The Morgan fingerprint density at radius 1 is 1.12 bits per heavy atom. The summed E-state index contributed by atoms with van der Waals surface area (Å²) < 4.78 is 41.1. The van der Waals surface area contributed by atoms with E-state index in [4.69, 9.17) is 0 Å². The Morgan fingerprint density at radius 2 is 1.71 bits per heavy atom. The summed E-state index contributed by atoms with van der Waals surface area (Å²) in [4.78, 5) is 23.0. The fourth-order valence-corrected chi connectivity index (χ4v) is 1.43. The first-order valence-electron chi connectivity index (χ1n) is 4.57. The Bertz CT molecular complexity index is 458. The van der Waals surface area contributed by atoms with Crippen LogP contribution in [0.1, 0.15) is 0 Å². The van der Waals surface area contributed by atoms with Crippen molar-refractivity contribution in [1.29, 1.82) is 0 Å². The molecule has 1 fully saturated rings. The number of para-hydroxylation sites is 1. The number of carbonyl (C=O) groups is 2. The van der Waals surface area contributed by atoms with Gasteiger partial charge in [0.1, 0.15) is 0 Å². The molecule has 17 heavy (non-hydrogen) atoms. The number of anilines is 1. The van der Waals surface area contributed by atoms with Gasteiger partial charge in [-0.25, -0.2) is 9.69 Å². The van der Waals surface area contributed by atoms with E-state index >= 15 is 0 Å². The van der Waals surface area contributed by atoms with Crippen molar-refractivity contribution in [2.75, 3.05) is 4.90 Å². The number of halogens is 3. The van der Waals surface area contributed by atoms with Crippen molar-refractivity contribution in [3.05, 3.63) is 30.3 Å². The van der Waals surface area contributed by atoms with Crippen LogP contribution >= 0.6 is 0 Å². The Kier molecular flexibility index (Phi) is 2.53. The summed E-state index contributed by atoms with van der Waals surface area (Å²) in [7, 11) is 0. The van der Waals surface area contributed by atoms with Gasteiger partial charge in [0, 0.05) is 0 Å². The molecule has 2 amide bonds. The van der Waals surface area contributed by atoms with Gasteiger partial charge in [0.25, 0.3) is 12.0 Å². The molecule has 1 heterocycles. The zero-order chi connectivity index (χ0) is 12.6. The van der Waals surface area contributed by atoms with E-state index in [9.17, 15) is 22.8 Å². The SMILES string of the molecule is O=C1O[C@@H](C(F)(F)F)C(=O)N1c1ccccc1. The van der Waals surface area contributed by atoms with Gasteiger partial charge in [0.05, 0.1) is 5.69 Å². The van der Waals surface area contributed by atoms with E-state index in [1.54, 1.807) is 6.07 Å². The van der Waals surface area contributed by atoms with Gasteiger partial charge in [-0.05, 0) is 12.1 Å². The number of benzene rings is 1. The highest BCUT2D eigenvalue weighted by Gasteiger charge is 2.56. The van der Waals surface area contributed by atoms with Crippen LogP contribution in [0.3, 0.4) is 0 Å². The largest absolute Gasteiger partial charge is 0.434 e. The predicted molar refractivity (Wildman–Crippen MR) is 50.3 cm³/mol. The number of rotatable bonds is 1. The quantitative estimate of drug-likeness (QED) is 0.761. The Balaban J connectivity index is 2.33. The molecule has 1 aromatic carbocycles. The number of hydrogen-bond donors (Lipinski definition) is 0. The van der Waals surface area contributed by atoms with Crippen LogP contribution in [0.15, 0.2) is 30.3 Å². The molecule has 0 N–H and O–H groups in total. The third-order valence-electron chi connectivity index (χ3n) is 2.16. The predicted octanol–water partition coefficient (Wildman–Crippen LogP) is 2.10. The lowest BCUT2D eigenvalue weighted by atomic mass is 10.2. The Morgan fingerprint density at radius 3 is 2.18 bits per heavy atom. The lowest BCUT2D eigenvalue weighted by Gasteiger charge is -2.12. The molecule has 0 radical (unpaired) electrons. The van der Waals surface area contributed by atoms with E-state index in [1.165, 1.54) is 24.3 Å². The average molecular weight is 245 g/mol. The van der Waals surface area contributed by atoms with Crippen LogP contribution in [0.2, 0.25) is 0 Å². The number of amides is 2. The van der Waals surface area contributed by atoms with Gasteiger partial charge in [-0.1, -0.05) is 18.2 Å². The lowest BCUT2D eigenvalue weighted by molar-refractivity contribution is -0.195. The number of nitrogens with zero attached hydrogens (tertiary/aromatic N) is 1. The molecular weight excluding hydrogens is 239 g/mol. The van der Waals surface area contributed by atoms with E-state index in [2.05, 4.69) is 4.74 Å². The summed E-state index contributed by atoms with van der Waals surface area (Å²) >= 11 is 0. The van der Waals surface area contributed by atoms with Crippen LogP contribution in [-0.4, -0.2) is 24.3 Å². The highest BCUT2D eigenvalue weighted by atomic mass is 19.4. The van der Waals surface area contributed by atoms with Crippen LogP contribution in [0.5, 0.6) is 0 Å².